The molecule has 6 atom stereocenters. The van der Waals surface area contributed by atoms with E-state index in [1.165, 1.54) is 25.3 Å². The first-order chi connectivity index (χ1) is 14.6. The Bertz CT molecular complexity index is 1110. The van der Waals surface area contributed by atoms with E-state index in [1.54, 1.807) is 29.5 Å². The molecule has 1 aromatic heterocycles. The lowest BCUT2D eigenvalue weighted by Crippen LogP contribution is -2.84. The zero-order chi connectivity index (χ0) is 20.7. The van der Waals surface area contributed by atoms with Crippen LogP contribution in [0.5, 0.6) is 0 Å². The second-order valence-electron chi connectivity index (χ2n) is 8.35. The SMILES string of the molecule is COC(=O)[C@@]12[C@@H]3[C@@H]([C@H]4C[C@@H]3c3ccccc34)[C@]1(C(=O)OC)N=NN2c1ccncc1. The molecule has 3 aliphatic carbocycles. The first-order valence-electron chi connectivity index (χ1n) is 10.0. The van der Waals surface area contributed by atoms with Crippen molar-refractivity contribution < 1.29 is 19.1 Å². The maximum Gasteiger partial charge on any atom is 0.339 e. The van der Waals surface area contributed by atoms with E-state index in [1.807, 2.05) is 12.1 Å². The molecule has 0 radical (unpaired) electrons. The fourth-order valence-corrected chi connectivity index (χ4v) is 6.80. The molecule has 8 heteroatoms. The minimum atomic E-state index is -1.43. The van der Waals surface area contributed by atoms with Crippen LogP contribution in [-0.2, 0) is 19.1 Å². The lowest BCUT2D eigenvalue weighted by Gasteiger charge is -2.62. The number of rotatable bonds is 3. The van der Waals surface area contributed by atoms with Crippen molar-refractivity contribution in [2.45, 2.75) is 29.3 Å². The number of pyridine rings is 1. The van der Waals surface area contributed by atoms with Gasteiger partial charge >= 0.3 is 11.9 Å². The molecule has 2 bridgehead atoms. The van der Waals surface area contributed by atoms with Crippen LogP contribution in [0.2, 0.25) is 0 Å². The molecule has 2 saturated carbocycles. The van der Waals surface area contributed by atoms with Crippen molar-refractivity contribution >= 4 is 17.6 Å². The minimum Gasteiger partial charge on any atom is -0.467 e. The van der Waals surface area contributed by atoms with Gasteiger partial charge in [0.15, 0.2) is 0 Å². The van der Waals surface area contributed by atoms with Gasteiger partial charge in [-0.25, -0.2) is 14.6 Å². The molecule has 30 heavy (non-hydrogen) atoms. The summed E-state index contributed by atoms with van der Waals surface area (Å²) in [5, 5.41) is 10.4. The third-order valence-corrected chi connectivity index (χ3v) is 7.63. The van der Waals surface area contributed by atoms with Gasteiger partial charge in [0.05, 0.1) is 19.9 Å². The minimum absolute atomic E-state index is 0.126. The number of benzene rings is 1. The summed E-state index contributed by atoms with van der Waals surface area (Å²) in [5.74, 6) is -1.13. The van der Waals surface area contributed by atoms with Crippen molar-refractivity contribution in [2.75, 3.05) is 19.2 Å². The van der Waals surface area contributed by atoms with E-state index in [4.69, 9.17) is 9.47 Å². The molecule has 1 aromatic carbocycles. The van der Waals surface area contributed by atoms with Crippen LogP contribution in [0.1, 0.15) is 29.4 Å². The van der Waals surface area contributed by atoms with Crippen LogP contribution >= 0.6 is 0 Å². The molecule has 0 spiro atoms. The summed E-state index contributed by atoms with van der Waals surface area (Å²) >= 11 is 0. The lowest BCUT2D eigenvalue weighted by atomic mass is 9.42. The van der Waals surface area contributed by atoms with Gasteiger partial charge in [-0.15, -0.1) is 5.11 Å². The van der Waals surface area contributed by atoms with Crippen molar-refractivity contribution in [3.05, 3.63) is 59.9 Å². The Balaban J connectivity index is 1.61. The van der Waals surface area contributed by atoms with Crippen LogP contribution in [0.25, 0.3) is 0 Å². The highest BCUT2D eigenvalue weighted by Crippen LogP contribution is 2.77. The highest BCUT2D eigenvalue weighted by atomic mass is 16.5. The van der Waals surface area contributed by atoms with Gasteiger partial charge in [0, 0.05) is 24.2 Å². The summed E-state index contributed by atoms with van der Waals surface area (Å²) in [6.07, 6.45) is 4.13. The van der Waals surface area contributed by atoms with Crippen LogP contribution in [0.15, 0.2) is 59.1 Å². The molecule has 2 heterocycles. The number of fused-ring (bicyclic) bond motifs is 11. The monoisotopic (exact) mass is 404 g/mol. The molecular weight excluding hydrogens is 384 g/mol. The molecule has 152 valence electrons. The average molecular weight is 404 g/mol. The molecule has 6 rings (SSSR count). The zero-order valence-electron chi connectivity index (χ0n) is 16.6. The number of anilines is 1. The second-order valence-corrected chi connectivity index (χ2v) is 8.35. The van der Waals surface area contributed by atoms with Crippen molar-refractivity contribution in [3.8, 4) is 0 Å². The number of hydrogen-bond donors (Lipinski definition) is 0. The van der Waals surface area contributed by atoms with E-state index >= 15 is 0 Å². The van der Waals surface area contributed by atoms with Gasteiger partial charge in [-0.1, -0.05) is 29.5 Å². The van der Waals surface area contributed by atoms with Gasteiger partial charge in [0.25, 0.3) is 0 Å². The Morgan fingerprint density at radius 1 is 0.967 bits per heavy atom. The standard InChI is InChI=1S/C22H20N4O4/c1-29-19(27)21-17-15-11-16(14-6-4-3-5-13(14)15)18(17)22(21,20(28)30-2)26(25-24-21)12-7-9-23-10-8-12/h3-10,15-18H,11H2,1-2H3/t15-,16+,17+,18-,21+,22-/m0/s1. The van der Waals surface area contributed by atoms with Crippen molar-refractivity contribution in [1.29, 1.82) is 0 Å². The largest absolute Gasteiger partial charge is 0.467 e. The van der Waals surface area contributed by atoms with Gasteiger partial charge in [-0.3, -0.25) is 4.98 Å². The molecule has 8 nitrogen and oxygen atoms in total. The number of nitrogens with zero attached hydrogens (tertiary/aromatic N) is 4. The van der Waals surface area contributed by atoms with E-state index in [2.05, 4.69) is 27.5 Å². The topological polar surface area (TPSA) is 93.5 Å². The fraction of sp³-hybridized carbons (Fsp3) is 0.409. The molecule has 4 aliphatic rings. The van der Waals surface area contributed by atoms with Crippen LogP contribution in [0.4, 0.5) is 5.69 Å². The predicted molar refractivity (Wildman–Crippen MR) is 105 cm³/mol. The summed E-state index contributed by atoms with van der Waals surface area (Å²) in [7, 11) is 2.68. The molecule has 1 aliphatic heterocycles. The van der Waals surface area contributed by atoms with Gasteiger partial charge in [0.2, 0.25) is 11.1 Å². The van der Waals surface area contributed by atoms with Gasteiger partial charge in [-0.05, 0) is 41.5 Å². The summed E-state index contributed by atoms with van der Waals surface area (Å²) in [5.41, 5.74) is 0.304. The molecule has 0 saturated heterocycles. The van der Waals surface area contributed by atoms with Crippen molar-refractivity contribution in [3.63, 3.8) is 0 Å². The molecule has 0 N–H and O–H groups in total. The van der Waals surface area contributed by atoms with E-state index in [9.17, 15) is 9.59 Å². The van der Waals surface area contributed by atoms with E-state index in [0.29, 0.717) is 5.69 Å². The molecular formula is C22H20N4O4. The number of methoxy groups -OCH3 is 2. The van der Waals surface area contributed by atoms with Gasteiger partial charge in [0.1, 0.15) is 0 Å². The summed E-state index contributed by atoms with van der Waals surface area (Å²) < 4.78 is 10.5. The van der Waals surface area contributed by atoms with Crippen molar-refractivity contribution in [2.24, 2.45) is 22.2 Å². The number of carbonyl (C=O) groups is 2. The van der Waals surface area contributed by atoms with Gasteiger partial charge in [-0.2, -0.15) is 0 Å². The third kappa shape index (κ3) is 1.62. The Morgan fingerprint density at radius 3 is 2.23 bits per heavy atom. The Morgan fingerprint density at radius 2 is 1.60 bits per heavy atom. The molecule has 0 unspecified atom stereocenters. The molecule has 2 aromatic rings. The number of hydrogen-bond acceptors (Lipinski definition) is 8. The maximum absolute atomic E-state index is 13.5. The summed E-state index contributed by atoms with van der Waals surface area (Å²) in [6.45, 7) is 0. The number of ether oxygens (including phenoxy) is 2. The highest BCUT2D eigenvalue weighted by Gasteiger charge is 2.91. The number of esters is 2. The highest BCUT2D eigenvalue weighted by molar-refractivity contribution is 6.03. The Hall–Kier alpha value is -3.29. The smallest absolute Gasteiger partial charge is 0.339 e. The fourth-order valence-electron chi connectivity index (χ4n) is 6.80. The van der Waals surface area contributed by atoms with Crippen LogP contribution < -0.4 is 5.01 Å². The maximum atomic E-state index is 13.5. The average Bonchev–Trinajstić information content (AvgIpc) is 3.42. The van der Waals surface area contributed by atoms with Crippen LogP contribution in [-0.4, -0.2) is 42.2 Å². The first-order valence-corrected chi connectivity index (χ1v) is 10.0. The third-order valence-electron chi connectivity index (χ3n) is 7.63. The summed E-state index contributed by atoms with van der Waals surface area (Å²) in [4.78, 5) is 30.9. The van der Waals surface area contributed by atoms with E-state index in [-0.39, 0.29) is 23.7 Å². The van der Waals surface area contributed by atoms with E-state index < -0.39 is 23.0 Å². The molecule has 2 fully saturated rings. The lowest BCUT2D eigenvalue weighted by molar-refractivity contribution is -0.185. The predicted octanol–water partition coefficient (Wildman–Crippen LogP) is 2.62. The quantitative estimate of drug-likeness (QED) is 0.577. The number of carbonyl (C=O) groups excluding carboxylic acids is 2. The Kier molecular flexibility index (Phi) is 3.31. The van der Waals surface area contributed by atoms with Crippen LogP contribution in [0, 0.1) is 11.8 Å². The normalized spacial score (nSPS) is 36.5. The molecule has 0 amide bonds. The number of aromatic nitrogens is 1. The second kappa shape index (κ2) is 5.65. The summed E-state index contributed by atoms with van der Waals surface area (Å²) in [6, 6.07) is 11.8. The zero-order valence-corrected chi connectivity index (χ0v) is 16.6. The Labute approximate surface area is 172 Å². The van der Waals surface area contributed by atoms with Gasteiger partial charge < -0.3 is 9.47 Å². The van der Waals surface area contributed by atoms with E-state index in [0.717, 1.165) is 6.42 Å². The van der Waals surface area contributed by atoms with Crippen molar-refractivity contribution in [1.82, 2.24) is 4.98 Å². The first kappa shape index (κ1) is 17.6. The van der Waals surface area contributed by atoms with Crippen LogP contribution in [0.3, 0.4) is 0 Å².